The highest BCUT2D eigenvalue weighted by molar-refractivity contribution is 7.10. The highest BCUT2D eigenvalue weighted by Crippen LogP contribution is 2.20. The number of rotatable bonds is 6. The second-order valence-electron chi connectivity index (χ2n) is 5.53. The number of ether oxygens (including phenoxy) is 1. The molecule has 0 aliphatic carbocycles. The first-order valence-electron chi connectivity index (χ1n) is 7.75. The van der Waals surface area contributed by atoms with Crippen LogP contribution in [0.2, 0.25) is 0 Å². The van der Waals surface area contributed by atoms with Gasteiger partial charge in [0.25, 0.3) is 0 Å². The van der Waals surface area contributed by atoms with Gasteiger partial charge in [-0.3, -0.25) is 4.99 Å². The van der Waals surface area contributed by atoms with Crippen molar-refractivity contribution in [2.75, 3.05) is 20.7 Å². The van der Waals surface area contributed by atoms with Crippen molar-refractivity contribution in [2.24, 2.45) is 4.99 Å². The van der Waals surface area contributed by atoms with Gasteiger partial charge in [-0.1, -0.05) is 25.1 Å². The van der Waals surface area contributed by atoms with E-state index in [2.05, 4.69) is 58.3 Å². The molecule has 0 bridgehead atoms. The Bertz CT molecular complexity index is 638. The summed E-state index contributed by atoms with van der Waals surface area (Å²) in [5.74, 6) is 2.19. The van der Waals surface area contributed by atoms with Crippen molar-refractivity contribution < 1.29 is 4.74 Å². The molecule has 1 aromatic carbocycles. The zero-order chi connectivity index (χ0) is 16.7. The van der Waals surface area contributed by atoms with Gasteiger partial charge in [0.15, 0.2) is 5.96 Å². The minimum absolute atomic E-state index is 0.466. The molecule has 0 aliphatic rings. The van der Waals surface area contributed by atoms with Gasteiger partial charge in [-0.15, -0.1) is 11.3 Å². The van der Waals surface area contributed by atoms with Crippen LogP contribution in [0.3, 0.4) is 0 Å². The molecule has 0 saturated heterocycles. The number of aliphatic imine (C=N–C) groups is 1. The van der Waals surface area contributed by atoms with E-state index in [9.17, 15) is 0 Å². The van der Waals surface area contributed by atoms with Crippen molar-refractivity contribution in [3.05, 3.63) is 51.7 Å². The van der Waals surface area contributed by atoms with Gasteiger partial charge in [0, 0.05) is 30.9 Å². The lowest BCUT2D eigenvalue weighted by molar-refractivity contribution is 0.411. The second-order valence-corrected chi connectivity index (χ2v) is 6.51. The Morgan fingerprint density at radius 1 is 1.30 bits per heavy atom. The Morgan fingerprint density at radius 3 is 2.78 bits per heavy atom. The van der Waals surface area contributed by atoms with E-state index in [0.29, 0.717) is 12.5 Å². The van der Waals surface area contributed by atoms with E-state index < -0.39 is 0 Å². The van der Waals surface area contributed by atoms with Crippen LogP contribution in [0, 0.1) is 6.92 Å². The number of benzene rings is 1. The van der Waals surface area contributed by atoms with Crippen molar-refractivity contribution in [3.63, 3.8) is 0 Å². The summed E-state index contributed by atoms with van der Waals surface area (Å²) in [6.07, 6.45) is 0. The van der Waals surface area contributed by atoms with E-state index in [1.807, 2.05) is 6.92 Å². The minimum Gasteiger partial charge on any atom is -0.496 e. The lowest BCUT2D eigenvalue weighted by Crippen LogP contribution is -2.38. The molecule has 0 spiro atoms. The fourth-order valence-electron chi connectivity index (χ4n) is 2.30. The third kappa shape index (κ3) is 4.99. The zero-order valence-corrected chi connectivity index (χ0v) is 15.0. The molecule has 4 nitrogen and oxygen atoms in total. The van der Waals surface area contributed by atoms with Crippen molar-refractivity contribution in [3.8, 4) is 5.75 Å². The number of nitrogens with one attached hydrogen (secondary N) is 2. The summed E-state index contributed by atoms with van der Waals surface area (Å²) in [7, 11) is 3.49. The molecular formula is C18H25N3OS. The number of hydrogen-bond acceptors (Lipinski definition) is 3. The van der Waals surface area contributed by atoms with Gasteiger partial charge in [0.2, 0.25) is 0 Å². The van der Waals surface area contributed by atoms with Crippen LogP contribution in [0.25, 0.3) is 0 Å². The van der Waals surface area contributed by atoms with E-state index in [-0.39, 0.29) is 0 Å². The van der Waals surface area contributed by atoms with Gasteiger partial charge in [0.05, 0.1) is 7.11 Å². The van der Waals surface area contributed by atoms with Crippen LogP contribution in [-0.4, -0.2) is 26.7 Å². The van der Waals surface area contributed by atoms with Crippen LogP contribution in [0.4, 0.5) is 0 Å². The third-order valence-corrected chi connectivity index (χ3v) is 4.86. The second kappa shape index (κ2) is 8.58. The molecule has 0 aliphatic heterocycles. The standard InChI is InChI=1S/C18H25N3OS/c1-13-7-8-15(10-16(13)22-4)12-21-18(19-3)20-11-14(2)17-6-5-9-23-17/h5-10,14H,11-12H2,1-4H3,(H2,19,20,21). The Labute approximate surface area is 142 Å². The first kappa shape index (κ1) is 17.3. The van der Waals surface area contributed by atoms with Crippen LogP contribution in [0.5, 0.6) is 5.75 Å². The van der Waals surface area contributed by atoms with E-state index in [1.165, 1.54) is 10.4 Å². The average molecular weight is 331 g/mol. The smallest absolute Gasteiger partial charge is 0.191 e. The third-order valence-electron chi connectivity index (χ3n) is 3.76. The van der Waals surface area contributed by atoms with Crippen molar-refractivity contribution in [1.82, 2.24) is 10.6 Å². The van der Waals surface area contributed by atoms with Gasteiger partial charge >= 0.3 is 0 Å². The molecule has 0 saturated carbocycles. The molecule has 0 radical (unpaired) electrons. The number of guanidine groups is 1. The Kier molecular flexibility index (Phi) is 6.47. The largest absolute Gasteiger partial charge is 0.496 e. The SMILES string of the molecule is CN=C(NCc1ccc(C)c(OC)c1)NCC(C)c1cccs1. The molecule has 0 fully saturated rings. The van der Waals surface area contributed by atoms with Crippen LogP contribution < -0.4 is 15.4 Å². The Balaban J connectivity index is 1.85. The molecule has 2 N–H and O–H groups in total. The Morgan fingerprint density at radius 2 is 2.13 bits per heavy atom. The van der Waals surface area contributed by atoms with Crippen LogP contribution in [0.1, 0.15) is 28.8 Å². The quantitative estimate of drug-likeness (QED) is 0.629. The lowest BCUT2D eigenvalue weighted by Gasteiger charge is -2.15. The van der Waals surface area contributed by atoms with Crippen molar-refractivity contribution in [2.45, 2.75) is 26.3 Å². The van der Waals surface area contributed by atoms with Gasteiger partial charge in [-0.2, -0.15) is 0 Å². The summed E-state index contributed by atoms with van der Waals surface area (Å²) in [6.45, 7) is 5.83. The van der Waals surface area contributed by atoms with Crippen LogP contribution in [0.15, 0.2) is 40.7 Å². The Hall–Kier alpha value is -2.01. The van der Waals surface area contributed by atoms with E-state index >= 15 is 0 Å². The van der Waals surface area contributed by atoms with Gasteiger partial charge in [-0.25, -0.2) is 0 Å². The maximum Gasteiger partial charge on any atom is 0.191 e. The summed E-state index contributed by atoms with van der Waals surface area (Å²) in [4.78, 5) is 5.67. The molecule has 23 heavy (non-hydrogen) atoms. The zero-order valence-electron chi connectivity index (χ0n) is 14.2. The molecule has 0 amide bonds. The number of nitrogens with zero attached hydrogens (tertiary/aromatic N) is 1. The molecular weight excluding hydrogens is 306 g/mol. The fraction of sp³-hybridized carbons (Fsp3) is 0.389. The summed E-state index contributed by atoms with van der Waals surface area (Å²) < 4.78 is 5.37. The summed E-state index contributed by atoms with van der Waals surface area (Å²) in [5, 5.41) is 8.84. The first-order chi connectivity index (χ1) is 11.1. The number of hydrogen-bond donors (Lipinski definition) is 2. The molecule has 5 heteroatoms. The summed E-state index contributed by atoms with van der Waals surface area (Å²) in [6, 6.07) is 10.5. The topological polar surface area (TPSA) is 45.7 Å². The number of methoxy groups -OCH3 is 1. The predicted octanol–water partition coefficient (Wildman–Crippen LogP) is 3.53. The molecule has 1 heterocycles. The van der Waals surface area contributed by atoms with Crippen LogP contribution in [-0.2, 0) is 6.54 Å². The van der Waals surface area contributed by atoms with Gasteiger partial charge in [0.1, 0.15) is 5.75 Å². The average Bonchev–Trinajstić information content (AvgIpc) is 3.10. The molecule has 124 valence electrons. The van der Waals surface area contributed by atoms with Crippen molar-refractivity contribution in [1.29, 1.82) is 0 Å². The summed E-state index contributed by atoms with van der Waals surface area (Å²) >= 11 is 1.79. The van der Waals surface area contributed by atoms with Gasteiger partial charge < -0.3 is 15.4 Å². The minimum atomic E-state index is 0.466. The van der Waals surface area contributed by atoms with Crippen LogP contribution >= 0.6 is 11.3 Å². The molecule has 2 rings (SSSR count). The normalized spacial score (nSPS) is 12.8. The van der Waals surface area contributed by atoms with E-state index in [1.54, 1.807) is 25.5 Å². The molecule has 1 aromatic heterocycles. The molecule has 1 unspecified atom stereocenters. The monoisotopic (exact) mass is 331 g/mol. The van der Waals surface area contributed by atoms with Gasteiger partial charge in [-0.05, 0) is 35.6 Å². The van der Waals surface area contributed by atoms with Crippen molar-refractivity contribution >= 4 is 17.3 Å². The number of aryl methyl sites for hydroxylation is 1. The van der Waals surface area contributed by atoms with E-state index in [4.69, 9.17) is 4.74 Å². The van der Waals surface area contributed by atoms with E-state index in [0.717, 1.165) is 23.8 Å². The first-order valence-corrected chi connectivity index (χ1v) is 8.63. The maximum absolute atomic E-state index is 5.37. The maximum atomic E-state index is 5.37. The molecule has 2 aromatic rings. The highest BCUT2D eigenvalue weighted by atomic mass is 32.1. The summed E-state index contributed by atoms with van der Waals surface area (Å²) in [5.41, 5.74) is 2.31. The highest BCUT2D eigenvalue weighted by Gasteiger charge is 2.07. The number of thiophene rings is 1. The lowest BCUT2D eigenvalue weighted by atomic mass is 10.1. The molecule has 1 atom stereocenters. The fourth-order valence-corrected chi connectivity index (χ4v) is 3.09. The predicted molar refractivity (Wildman–Crippen MR) is 98.7 cm³/mol.